The van der Waals surface area contributed by atoms with E-state index in [1.54, 1.807) is 0 Å². The van der Waals surface area contributed by atoms with E-state index in [-0.39, 0.29) is 5.91 Å². The standard InChI is InChI=1S/C20H28N4O/c1-23(2)14-13-21-18-9-5-16(6-10-18)15-22-20(25)17-7-11-19(12-8-17)24(3)4/h5-12,21H,13-15H2,1-4H3,(H,22,25). The van der Waals surface area contributed by atoms with Crippen LogP contribution in [0.3, 0.4) is 0 Å². The zero-order chi connectivity index (χ0) is 18.2. The minimum absolute atomic E-state index is 0.0570. The molecule has 0 aliphatic heterocycles. The van der Waals surface area contributed by atoms with E-state index in [4.69, 9.17) is 0 Å². The lowest BCUT2D eigenvalue weighted by molar-refractivity contribution is 0.0951. The van der Waals surface area contributed by atoms with Gasteiger partial charge in [-0.2, -0.15) is 0 Å². The molecule has 25 heavy (non-hydrogen) atoms. The van der Waals surface area contributed by atoms with Crippen molar-refractivity contribution >= 4 is 17.3 Å². The maximum Gasteiger partial charge on any atom is 0.251 e. The first-order chi connectivity index (χ1) is 12.0. The SMILES string of the molecule is CN(C)CCNc1ccc(CNC(=O)c2ccc(N(C)C)cc2)cc1. The molecule has 1 amide bonds. The van der Waals surface area contributed by atoms with Crippen LogP contribution in [0.1, 0.15) is 15.9 Å². The molecule has 2 aromatic rings. The van der Waals surface area contributed by atoms with Crippen LogP contribution in [0.4, 0.5) is 11.4 Å². The Morgan fingerprint density at radius 2 is 1.56 bits per heavy atom. The van der Waals surface area contributed by atoms with Gasteiger partial charge >= 0.3 is 0 Å². The normalized spacial score (nSPS) is 10.6. The number of nitrogens with zero attached hydrogens (tertiary/aromatic N) is 2. The number of amides is 1. The van der Waals surface area contributed by atoms with Crippen molar-refractivity contribution in [1.29, 1.82) is 0 Å². The molecule has 0 unspecified atom stereocenters. The number of nitrogens with one attached hydrogen (secondary N) is 2. The molecule has 0 fully saturated rings. The first-order valence-electron chi connectivity index (χ1n) is 8.49. The maximum absolute atomic E-state index is 12.2. The molecular weight excluding hydrogens is 312 g/mol. The molecule has 0 heterocycles. The lowest BCUT2D eigenvalue weighted by Crippen LogP contribution is -2.23. The number of carbonyl (C=O) groups is 1. The van der Waals surface area contributed by atoms with Gasteiger partial charge in [0, 0.05) is 50.7 Å². The summed E-state index contributed by atoms with van der Waals surface area (Å²) in [7, 11) is 8.07. The van der Waals surface area contributed by atoms with Crippen LogP contribution in [0.2, 0.25) is 0 Å². The molecular formula is C20H28N4O. The average Bonchev–Trinajstić information content (AvgIpc) is 2.60. The largest absolute Gasteiger partial charge is 0.384 e. The zero-order valence-electron chi connectivity index (χ0n) is 15.5. The number of benzene rings is 2. The number of likely N-dealkylation sites (N-methyl/N-ethyl adjacent to an activating group) is 1. The fourth-order valence-corrected chi connectivity index (χ4v) is 2.36. The second kappa shape index (κ2) is 9.08. The molecule has 0 saturated carbocycles. The van der Waals surface area contributed by atoms with Crippen molar-refractivity contribution in [1.82, 2.24) is 10.2 Å². The van der Waals surface area contributed by atoms with E-state index >= 15 is 0 Å². The number of anilines is 2. The lowest BCUT2D eigenvalue weighted by atomic mass is 10.1. The summed E-state index contributed by atoms with van der Waals surface area (Å²) < 4.78 is 0. The molecule has 0 aromatic heterocycles. The van der Waals surface area contributed by atoms with Gasteiger partial charge in [-0.15, -0.1) is 0 Å². The zero-order valence-corrected chi connectivity index (χ0v) is 15.5. The Hall–Kier alpha value is -2.53. The van der Waals surface area contributed by atoms with Gasteiger partial charge in [-0.1, -0.05) is 12.1 Å². The van der Waals surface area contributed by atoms with Gasteiger partial charge in [0.05, 0.1) is 0 Å². The van der Waals surface area contributed by atoms with Crippen LogP contribution >= 0.6 is 0 Å². The van der Waals surface area contributed by atoms with Gasteiger partial charge in [-0.25, -0.2) is 0 Å². The van der Waals surface area contributed by atoms with Crippen LogP contribution in [0.25, 0.3) is 0 Å². The van der Waals surface area contributed by atoms with E-state index in [2.05, 4.69) is 29.6 Å². The quantitative estimate of drug-likeness (QED) is 0.776. The summed E-state index contributed by atoms with van der Waals surface area (Å²) >= 11 is 0. The Morgan fingerprint density at radius 1 is 0.920 bits per heavy atom. The van der Waals surface area contributed by atoms with Gasteiger partial charge < -0.3 is 20.4 Å². The molecule has 0 aliphatic carbocycles. The molecule has 5 nitrogen and oxygen atoms in total. The highest BCUT2D eigenvalue weighted by atomic mass is 16.1. The van der Waals surface area contributed by atoms with Crippen LogP contribution in [0.15, 0.2) is 48.5 Å². The Kier molecular flexibility index (Phi) is 6.83. The molecule has 5 heteroatoms. The predicted octanol–water partition coefficient (Wildman–Crippen LogP) is 2.66. The molecule has 2 N–H and O–H groups in total. The highest BCUT2D eigenvalue weighted by Crippen LogP contribution is 2.13. The molecule has 2 rings (SSSR count). The lowest BCUT2D eigenvalue weighted by Gasteiger charge is -2.13. The maximum atomic E-state index is 12.2. The Morgan fingerprint density at radius 3 is 2.12 bits per heavy atom. The summed E-state index contributed by atoms with van der Waals surface area (Å²) in [5, 5.41) is 6.34. The van der Waals surface area contributed by atoms with Crippen molar-refractivity contribution in [3.8, 4) is 0 Å². The third-order valence-corrected chi connectivity index (χ3v) is 3.94. The Bertz CT molecular complexity index is 663. The highest BCUT2D eigenvalue weighted by molar-refractivity contribution is 5.94. The minimum atomic E-state index is -0.0570. The number of rotatable bonds is 8. The number of carbonyl (C=O) groups excluding carboxylic acids is 1. The summed E-state index contributed by atoms with van der Waals surface area (Å²) in [5.41, 5.74) is 3.93. The topological polar surface area (TPSA) is 47.6 Å². The molecule has 0 radical (unpaired) electrons. The van der Waals surface area contributed by atoms with Crippen LogP contribution in [0.5, 0.6) is 0 Å². The van der Waals surface area contributed by atoms with E-state index < -0.39 is 0 Å². The molecule has 134 valence electrons. The van der Waals surface area contributed by atoms with Crippen LogP contribution in [-0.2, 0) is 6.54 Å². The molecule has 0 spiro atoms. The molecule has 2 aromatic carbocycles. The fraction of sp³-hybridized carbons (Fsp3) is 0.350. The summed E-state index contributed by atoms with van der Waals surface area (Å²) in [6.07, 6.45) is 0. The molecule has 0 atom stereocenters. The van der Waals surface area contributed by atoms with E-state index in [1.807, 2.05) is 67.5 Å². The van der Waals surface area contributed by atoms with E-state index in [9.17, 15) is 4.79 Å². The minimum Gasteiger partial charge on any atom is -0.384 e. The Labute approximate surface area is 150 Å². The third-order valence-electron chi connectivity index (χ3n) is 3.94. The summed E-state index contributed by atoms with van der Waals surface area (Å²) in [4.78, 5) is 16.4. The summed E-state index contributed by atoms with van der Waals surface area (Å²) in [6.45, 7) is 2.42. The van der Waals surface area contributed by atoms with E-state index in [0.29, 0.717) is 12.1 Å². The average molecular weight is 340 g/mol. The van der Waals surface area contributed by atoms with Crippen LogP contribution in [-0.4, -0.2) is 52.1 Å². The van der Waals surface area contributed by atoms with Gasteiger partial charge in [0.15, 0.2) is 0 Å². The third kappa shape index (κ3) is 6.12. The highest BCUT2D eigenvalue weighted by Gasteiger charge is 2.06. The summed E-state index contributed by atoms with van der Waals surface area (Å²) in [6, 6.07) is 15.8. The summed E-state index contributed by atoms with van der Waals surface area (Å²) in [5.74, 6) is -0.0570. The van der Waals surface area contributed by atoms with Crippen molar-refractivity contribution < 1.29 is 4.79 Å². The van der Waals surface area contributed by atoms with Gasteiger partial charge in [0.2, 0.25) is 0 Å². The van der Waals surface area contributed by atoms with Crippen LogP contribution in [0, 0.1) is 0 Å². The van der Waals surface area contributed by atoms with Gasteiger partial charge in [0.25, 0.3) is 5.91 Å². The Balaban J connectivity index is 1.83. The number of hydrogen-bond acceptors (Lipinski definition) is 4. The first kappa shape index (κ1) is 18.8. The second-order valence-electron chi connectivity index (χ2n) is 6.55. The van der Waals surface area contributed by atoms with Crippen LogP contribution < -0.4 is 15.5 Å². The molecule has 0 saturated heterocycles. The fourth-order valence-electron chi connectivity index (χ4n) is 2.36. The van der Waals surface area contributed by atoms with Crippen molar-refractivity contribution in [2.24, 2.45) is 0 Å². The van der Waals surface area contributed by atoms with Crippen molar-refractivity contribution in [3.63, 3.8) is 0 Å². The van der Waals surface area contributed by atoms with Crippen molar-refractivity contribution in [2.45, 2.75) is 6.54 Å². The van der Waals surface area contributed by atoms with Gasteiger partial charge in [0.1, 0.15) is 0 Å². The molecule has 0 bridgehead atoms. The predicted molar refractivity (Wildman–Crippen MR) is 105 cm³/mol. The smallest absolute Gasteiger partial charge is 0.251 e. The molecule has 0 aliphatic rings. The van der Waals surface area contributed by atoms with E-state index in [1.165, 1.54) is 0 Å². The first-order valence-corrected chi connectivity index (χ1v) is 8.49. The van der Waals surface area contributed by atoms with Gasteiger partial charge in [-0.05, 0) is 56.1 Å². The monoisotopic (exact) mass is 340 g/mol. The van der Waals surface area contributed by atoms with Gasteiger partial charge in [-0.3, -0.25) is 4.79 Å². The van der Waals surface area contributed by atoms with E-state index in [0.717, 1.165) is 30.0 Å². The second-order valence-corrected chi connectivity index (χ2v) is 6.55. The number of hydrogen-bond donors (Lipinski definition) is 2. The van der Waals surface area contributed by atoms with Crippen molar-refractivity contribution in [3.05, 3.63) is 59.7 Å². The van der Waals surface area contributed by atoms with Crippen molar-refractivity contribution in [2.75, 3.05) is 51.5 Å².